The monoisotopic (exact) mass is 263 g/mol. The smallest absolute Gasteiger partial charge is 0.0586 e. The average Bonchev–Trinajstić information content (AvgIpc) is 3.03. The van der Waals surface area contributed by atoms with Gasteiger partial charge in [0.1, 0.15) is 0 Å². The van der Waals surface area contributed by atoms with Gasteiger partial charge in [0, 0.05) is 36.3 Å². The lowest BCUT2D eigenvalue weighted by Gasteiger charge is -2.17. The van der Waals surface area contributed by atoms with Crippen LogP contribution in [0, 0.1) is 0 Å². The maximum absolute atomic E-state index is 5.43. The minimum Gasteiger partial charge on any atom is -0.381 e. The van der Waals surface area contributed by atoms with E-state index in [-0.39, 0.29) is 0 Å². The van der Waals surface area contributed by atoms with Crippen molar-refractivity contribution in [2.45, 2.75) is 42.2 Å². The molecule has 3 unspecified atom stereocenters. The molecule has 3 heteroatoms. The molecule has 3 atom stereocenters. The van der Waals surface area contributed by atoms with E-state index in [1.165, 1.54) is 35.5 Å². The van der Waals surface area contributed by atoms with E-state index in [0.717, 1.165) is 6.54 Å². The van der Waals surface area contributed by atoms with Crippen LogP contribution in [0.15, 0.2) is 29.2 Å². The second-order valence-corrected chi connectivity index (χ2v) is 6.38. The fourth-order valence-corrected chi connectivity index (χ4v) is 4.30. The molecule has 0 saturated heterocycles. The number of ether oxygens (including phenoxy) is 1. The van der Waals surface area contributed by atoms with E-state index in [2.05, 4.69) is 29.6 Å². The van der Waals surface area contributed by atoms with Crippen LogP contribution >= 0.6 is 11.8 Å². The second kappa shape index (κ2) is 5.64. The average molecular weight is 263 g/mol. The van der Waals surface area contributed by atoms with Crippen LogP contribution in [0.4, 0.5) is 0 Å². The van der Waals surface area contributed by atoms with E-state index in [9.17, 15) is 0 Å². The maximum atomic E-state index is 5.43. The molecule has 1 heterocycles. The van der Waals surface area contributed by atoms with Crippen molar-refractivity contribution < 1.29 is 4.74 Å². The molecule has 1 aliphatic carbocycles. The molecule has 0 aromatic heterocycles. The van der Waals surface area contributed by atoms with E-state index >= 15 is 0 Å². The van der Waals surface area contributed by atoms with Gasteiger partial charge in [0.2, 0.25) is 0 Å². The lowest BCUT2D eigenvalue weighted by atomic mass is 10.0. The molecule has 98 valence electrons. The molecule has 1 aromatic rings. The highest BCUT2D eigenvalue weighted by Gasteiger charge is 2.27. The number of thioether (sulfide) groups is 1. The Hall–Kier alpha value is -0.510. The van der Waals surface area contributed by atoms with Crippen molar-refractivity contribution in [3.8, 4) is 0 Å². The highest BCUT2D eigenvalue weighted by molar-refractivity contribution is 7.99. The molecule has 0 amide bonds. The number of hydrogen-bond acceptors (Lipinski definition) is 3. The van der Waals surface area contributed by atoms with Crippen LogP contribution in [0.5, 0.6) is 0 Å². The zero-order valence-corrected chi connectivity index (χ0v) is 11.7. The van der Waals surface area contributed by atoms with E-state index < -0.39 is 0 Å². The molecule has 1 aromatic carbocycles. The van der Waals surface area contributed by atoms with E-state index in [1.807, 2.05) is 18.9 Å². The topological polar surface area (TPSA) is 21.3 Å². The third kappa shape index (κ3) is 2.58. The van der Waals surface area contributed by atoms with E-state index in [1.54, 1.807) is 0 Å². The molecule has 2 aliphatic rings. The standard InChI is InChI=1S/C15H21NOS/c1-17-13-7-6-12(8-13)16-9-11-10-18-15-5-3-2-4-14(11)15/h2-5,11-13,16H,6-10H2,1H3. The van der Waals surface area contributed by atoms with Gasteiger partial charge in [-0.3, -0.25) is 0 Å². The lowest BCUT2D eigenvalue weighted by Crippen LogP contribution is -2.31. The van der Waals surface area contributed by atoms with Crippen molar-refractivity contribution in [1.29, 1.82) is 0 Å². The number of nitrogens with one attached hydrogen (secondary N) is 1. The molecule has 1 saturated carbocycles. The minimum atomic E-state index is 0.479. The molecular formula is C15H21NOS. The van der Waals surface area contributed by atoms with Gasteiger partial charge in [-0.05, 0) is 30.9 Å². The predicted octanol–water partition coefficient (Wildman–Crippen LogP) is 3.03. The molecule has 3 rings (SSSR count). The van der Waals surface area contributed by atoms with Crippen molar-refractivity contribution in [2.24, 2.45) is 0 Å². The summed E-state index contributed by atoms with van der Waals surface area (Å²) in [4.78, 5) is 1.48. The summed E-state index contributed by atoms with van der Waals surface area (Å²) < 4.78 is 5.43. The van der Waals surface area contributed by atoms with Crippen molar-refractivity contribution in [1.82, 2.24) is 5.32 Å². The molecule has 1 N–H and O–H groups in total. The van der Waals surface area contributed by atoms with Gasteiger partial charge in [-0.1, -0.05) is 18.2 Å². The van der Waals surface area contributed by atoms with Gasteiger partial charge in [-0.25, -0.2) is 0 Å². The molecule has 0 spiro atoms. The van der Waals surface area contributed by atoms with E-state index in [0.29, 0.717) is 18.1 Å². The molecule has 1 fully saturated rings. The summed E-state index contributed by atoms with van der Waals surface area (Å²) in [5, 5.41) is 3.74. The minimum absolute atomic E-state index is 0.479. The van der Waals surface area contributed by atoms with Gasteiger partial charge in [-0.2, -0.15) is 0 Å². The van der Waals surface area contributed by atoms with Gasteiger partial charge >= 0.3 is 0 Å². The first-order valence-corrected chi connectivity index (χ1v) is 7.83. The molecule has 18 heavy (non-hydrogen) atoms. The Labute approximate surface area is 113 Å². The third-order valence-corrected chi connectivity index (χ3v) is 5.42. The predicted molar refractivity (Wildman–Crippen MR) is 76.3 cm³/mol. The summed E-state index contributed by atoms with van der Waals surface area (Å²) in [6.45, 7) is 1.12. The SMILES string of the molecule is COC1CCC(NCC2CSc3ccccc32)C1. The summed E-state index contributed by atoms with van der Waals surface area (Å²) >= 11 is 2.00. The van der Waals surface area contributed by atoms with Crippen LogP contribution in [0.25, 0.3) is 0 Å². The zero-order chi connectivity index (χ0) is 12.4. The number of benzene rings is 1. The fraction of sp³-hybridized carbons (Fsp3) is 0.600. The van der Waals surface area contributed by atoms with Crippen LogP contribution in [0.2, 0.25) is 0 Å². The first-order valence-electron chi connectivity index (χ1n) is 6.84. The molecule has 0 bridgehead atoms. The molecule has 1 aliphatic heterocycles. The summed E-state index contributed by atoms with van der Waals surface area (Å²) in [6, 6.07) is 9.49. The molecular weight excluding hydrogens is 242 g/mol. The Kier molecular flexibility index (Phi) is 3.92. The Bertz CT molecular complexity index is 409. The number of methoxy groups -OCH3 is 1. The Morgan fingerprint density at radius 3 is 3.06 bits per heavy atom. The van der Waals surface area contributed by atoms with E-state index in [4.69, 9.17) is 4.74 Å². The van der Waals surface area contributed by atoms with Crippen molar-refractivity contribution in [3.63, 3.8) is 0 Å². The number of rotatable bonds is 4. The summed E-state index contributed by atoms with van der Waals surface area (Å²) in [7, 11) is 1.83. The van der Waals surface area contributed by atoms with Crippen LogP contribution in [0.3, 0.4) is 0 Å². The summed E-state index contributed by atoms with van der Waals surface area (Å²) in [5.74, 6) is 1.92. The molecule has 2 nitrogen and oxygen atoms in total. The van der Waals surface area contributed by atoms with Crippen molar-refractivity contribution in [3.05, 3.63) is 29.8 Å². The van der Waals surface area contributed by atoms with Gasteiger partial charge in [0.25, 0.3) is 0 Å². The third-order valence-electron chi connectivity index (χ3n) is 4.17. The van der Waals surface area contributed by atoms with Gasteiger partial charge in [0.05, 0.1) is 6.10 Å². The van der Waals surface area contributed by atoms with Crippen LogP contribution in [0.1, 0.15) is 30.7 Å². The first-order chi connectivity index (χ1) is 8.86. The normalized spacial score (nSPS) is 30.6. The zero-order valence-electron chi connectivity index (χ0n) is 10.9. The first kappa shape index (κ1) is 12.5. The van der Waals surface area contributed by atoms with Crippen LogP contribution in [-0.2, 0) is 4.74 Å². The summed E-state index contributed by atoms with van der Waals surface area (Å²) in [5.41, 5.74) is 1.54. The van der Waals surface area contributed by atoms with Gasteiger partial charge < -0.3 is 10.1 Å². The highest BCUT2D eigenvalue weighted by Crippen LogP contribution is 2.39. The summed E-state index contributed by atoms with van der Waals surface area (Å²) in [6.07, 6.45) is 4.13. The van der Waals surface area contributed by atoms with Gasteiger partial charge in [0.15, 0.2) is 0 Å². The maximum Gasteiger partial charge on any atom is 0.0586 e. The van der Waals surface area contributed by atoms with Crippen molar-refractivity contribution in [2.75, 3.05) is 19.4 Å². The lowest BCUT2D eigenvalue weighted by molar-refractivity contribution is 0.107. The Morgan fingerprint density at radius 1 is 1.33 bits per heavy atom. The highest BCUT2D eigenvalue weighted by atomic mass is 32.2. The Morgan fingerprint density at radius 2 is 2.22 bits per heavy atom. The number of hydrogen-bond donors (Lipinski definition) is 1. The van der Waals surface area contributed by atoms with Crippen molar-refractivity contribution >= 4 is 11.8 Å². The van der Waals surface area contributed by atoms with Crippen LogP contribution < -0.4 is 5.32 Å². The van der Waals surface area contributed by atoms with Crippen LogP contribution in [-0.4, -0.2) is 31.6 Å². The van der Waals surface area contributed by atoms with Gasteiger partial charge in [-0.15, -0.1) is 11.8 Å². The number of fused-ring (bicyclic) bond motifs is 1. The largest absolute Gasteiger partial charge is 0.381 e. The molecule has 0 radical (unpaired) electrons. The second-order valence-electron chi connectivity index (χ2n) is 5.32. The quantitative estimate of drug-likeness (QED) is 0.902. The Balaban J connectivity index is 1.53. The fourth-order valence-electron chi connectivity index (χ4n) is 3.05.